The number of nitrogens with one attached hydrogen (secondary N) is 1. The van der Waals surface area contributed by atoms with Gasteiger partial charge in [-0.2, -0.15) is 5.10 Å². The Morgan fingerprint density at radius 2 is 2.08 bits per heavy atom. The third-order valence-electron chi connectivity index (χ3n) is 3.48. The van der Waals surface area contributed by atoms with E-state index in [-0.39, 0.29) is 24.5 Å². The molecule has 1 aromatic heterocycles. The minimum Gasteiger partial charge on any atom is -0.462 e. The van der Waals surface area contributed by atoms with E-state index in [1.807, 2.05) is 0 Å². The summed E-state index contributed by atoms with van der Waals surface area (Å²) in [7, 11) is 0. The molecule has 0 fully saturated rings. The Bertz CT molecular complexity index is 828. The second-order valence-electron chi connectivity index (χ2n) is 5.28. The average molecular weight is 346 g/mol. The molecule has 0 spiro atoms. The number of carbonyl (C=O) groups excluding carboxylic acids is 2. The van der Waals surface area contributed by atoms with E-state index in [0.29, 0.717) is 16.9 Å². The molecule has 0 unspecified atom stereocenters. The molecule has 0 bridgehead atoms. The van der Waals surface area contributed by atoms with Crippen molar-refractivity contribution in [3.63, 3.8) is 0 Å². The van der Waals surface area contributed by atoms with Gasteiger partial charge in [-0.1, -0.05) is 6.07 Å². The third kappa shape index (κ3) is 4.19. The van der Waals surface area contributed by atoms with Crippen molar-refractivity contribution < 1.29 is 19.2 Å². The summed E-state index contributed by atoms with van der Waals surface area (Å²) in [6.45, 7) is 4.84. The maximum Gasteiger partial charge on any atom is 0.338 e. The number of ether oxygens (including phenoxy) is 1. The number of nitrogens with zero attached hydrogens (tertiary/aromatic N) is 3. The molecule has 0 saturated heterocycles. The van der Waals surface area contributed by atoms with Crippen LogP contribution in [0.4, 0.5) is 11.4 Å². The molecule has 0 aliphatic carbocycles. The highest BCUT2D eigenvalue weighted by atomic mass is 16.6. The van der Waals surface area contributed by atoms with E-state index < -0.39 is 16.8 Å². The smallest absolute Gasteiger partial charge is 0.338 e. The number of hydrogen-bond donors (Lipinski definition) is 1. The zero-order valence-electron chi connectivity index (χ0n) is 14.1. The van der Waals surface area contributed by atoms with Crippen molar-refractivity contribution in [3.05, 3.63) is 51.3 Å². The number of hydrogen-bond acceptors (Lipinski definition) is 6. The van der Waals surface area contributed by atoms with Crippen LogP contribution < -0.4 is 5.32 Å². The monoisotopic (exact) mass is 346 g/mol. The number of rotatable bonds is 6. The summed E-state index contributed by atoms with van der Waals surface area (Å²) in [5.74, 6) is -0.894. The van der Waals surface area contributed by atoms with Gasteiger partial charge in [-0.15, -0.1) is 0 Å². The molecule has 9 heteroatoms. The molecular weight excluding hydrogens is 328 g/mol. The summed E-state index contributed by atoms with van der Waals surface area (Å²) in [5.41, 5.74) is 1.20. The van der Waals surface area contributed by atoms with Crippen molar-refractivity contribution >= 4 is 23.3 Å². The minimum absolute atomic E-state index is 0.0999. The fraction of sp³-hybridized carbons (Fsp3) is 0.312. The van der Waals surface area contributed by atoms with E-state index in [1.54, 1.807) is 25.1 Å². The Hall–Kier alpha value is -3.23. The van der Waals surface area contributed by atoms with Gasteiger partial charge in [0.1, 0.15) is 17.9 Å². The largest absolute Gasteiger partial charge is 0.462 e. The van der Waals surface area contributed by atoms with Crippen LogP contribution in [-0.2, 0) is 16.1 Å². The van der Waals surface area contributed by atoms with Crippen LogP contribution in [0.2, 0.25) is 0 Å². The maximum absolute atomic E-state index is 12.2. The summed E-state index contributed by atoms with van der Waals surface area (Å²) in [6, 6.07) is 6.33. The van der Waals surface area contributed by atoms with Gasteiger partial charge >= 0.3 is 11.7 Å². The second-order valence-corrected chi connectivity index (χ2v) is 5.28. The highest BCUT2D eigenvalue weighted by molar-refractivity contribution is 5.94. The highest BCUT2D eigenvalue weighted by Gasteiger charge is 2.22. The van der Waals surface area contributed by atoms with Crippen molar-refractivity contribution in [2.45, 2.75) is 27.3 Å². The molecule has 0 atom stereocenters. The number of aryl methyl sites for hydroxylation is 1. The van der Waals surface area contributed by atoms with Crippen LogP contribution in [-0.4, -0.2) is 33.2 Å². The van der Waals surface area contributed by atoms with Crippen LogP contribution in [0.1, 0.15) is 28.7 Å². The summed E-state index contributed by atoms with van der Waals surface area (Å²) < 4.78 is 6.18. The zero-order chi connectivity index (χ0) is 18.6. The Morgan fingerprint density at radius 1 is 1.36 bits per heavy atom. The summed E-state index contributed by atoms with van der Waals surface area (Å²) in [5, 5.41) is 17.7. The van der Waals surface area contributed by atoms with E-state index in [4.69, 9.17) is 4.74 Å². The van der Waals surface area contributed by atoms with E-state index in [0.717, 1.165) is 0 Å². The van der Waals surface area contributed by atoms with Crippen LogP contribution in [0.5, 0.6) is 0 Å². The first-order chi connectivity index (χ1) is 11.8. The van der Waals surface area contributed by atoms with E-state index in [9.17, 15) is 19.7 Å². The summed E-state index contributed by atoms with van der Waals surface area (Å²) in [6.07, 6.45) is 0. The van der Waals surface area contributed by atoms with Crippen molar-refractivity contribution in [2.75, 3.05) is 11.9 Å². The Morgan fingerprint density at radius 3 is 2.68 bits per heavy atom. The molecule has 2 rings (SSSR count). The van der Waals surface area contributed by atoms with Gasteiger partial charge in [0, 0.05) is 5.69 Å². The van der Waals surface area contributed by atoms with Gasteiger partial charge in [0.05, 0.1) is 17.1 Å². The lowest BCUT2D eigenvalue weighted by atomic mass is 10.2. The normalized spacial score (nSPS) is 10.4. The molecule has 25 heavy (non-hydrogen) atoms. The van der Waals surface area contributed by atoms with Crippen LogP contribution in [0.3, 0.4) is 0 Å². The molecule has 1 heterocycles. The quantitative estimate of drug-likeness (QED) is 0.487. The van der Waals surface area contributed by atoms with E-state index in [1.165, 1.54) is 24.6 Å². The lowest BCUT2D eigenvalue weighted by molar-refractivity contribution is -0.386. The predicted molar refractivity (Wildman–Crippen MR) is 89.4 cm³/mol. The molecule has 0 aliphatic heterocycles. The standard InChI is InChI=1S/C16H18N4O5/c1-4-25-16(22)12-6-5-7-13(8-12)17-14(21)9-19-11(3)15(20(23)24)10(2)18-19/h5-8H,4,9H2,1-3H3,(H,17,21). The van der Waals surface area contributed by atoms with Gasteiger partial charge in [-0.05, 0) is 39.0 Å². The Labute approximate surface area is 143 Å². The van der Waals surface area contributed by atoms with Gasteiger partial charge < -0.3 is 10.1 Å². The number of carbonyl (C=O) groups is 2. The van der Waals surface area contributed by atoms with Gasteiger partial charge in [0.2, 0.25) is 5.91 Å². The SMILES string of the molecule is CCOC(=O)c1cccc(NC(=O)Cn2nc(C)c([N+](=O)[O-])c2C)c1. The van der Waals surface area contributed by atoms with Crippen LogP contribution >= 0.6 is 0 Å². The van der Waals surface area contributed by atoms with Crippen LogP contribution in [0.25, 0.3) is 0 Å². The molecule has 2 aromatic rings. The lowest BCUT2D eigenvalue weighted by Gasteiger charge is -2.08. The fourth-order valence-corrected chi connectivity index (χ4v) is 2.38. The minimum atomic E-state index is -0.519. The summed E-state index contributed by atoms with van der Waals surface area (Å²) >= 11 is 0. The lowest BCUT2D eigenvalue weighted by Crippen LogP contribution is -2.20. The first kappa shape index (κ1) is 18.1. The second kappa shape index (κ2) is 7.56. The van der Waals surface area contributed by atoms with Gasteiger partial charge in [-0.25, -0.2) is 4.79 Å². The summed E-state index contributed by atoms with van der Waals surface area (Å²) in [4.78, 5) is 34.4. The number of aromatic nitrogens is 2. The molecular formula is C16H18N4O5. The average Bonchev–Trinajstić information content (AvgIpc) is 2.81. The van der Waals surface area contributed by atoms with Crippen molar-refractivity contribution in [3.8, 4) is 0 Å². The van der Waals surface area contributed by atoms with Crippen molar-refractivity contribution in [1.29, 1.82) is 0 Å². The van der Waals surface area contributed by atoms with Gasteiger partial charge in [0.25, 0.3) is 0 Å². The third-order valence-corrected chi connectivity index (χ3v) is 3.48. The molecule has 1 N–H and O–H groups in total. The molecule has 0 radical (unpaired) electrons. The first-order valence-electron chi connectivity index (χ1n) is 7.59. The fourth-order valence-electron chi connectivity index (χ4n) is 2.38. The number of amides is 1. The van der Waals surface area contributed by atoms with Crippen LogP contribution in [0.15, 0.2) is 24.3 Å². The topological polar surface area (TPSA) is 116 Å². The molecule has 1 amide bonds. The van der Waals surface area contributed by atoms with E-state index in [2.05, 4.69) is 10.4 Å². The Balaban J connectivity index is 2.11. The molecule has 9 nitrogen and oxygen atoms in total. The van der Waals surface area contributed by atoms with Crippen LogP contribution in [0, 0.1) is 24.0 Å². The zero-order valence-corrected chi connectivity index (χ0v) is 14.1. The number of benzene rings is 1. The Kier molecular flexibility index (Phi) is 5.48. The molecule has 0 saturated carbocycles. The van der Waals surface area contributed by atoms with Gasteiger partial charge in [0.15, 0.2) is 0 Å². The maximum atomic E-state index is 12.2. The molecule has 132 valence electrons. The van der Waals surface area contributed by atoms with E-state index >= 15 is 0 Å². The number of esters is 1. The predicted octanol–water partition coefficient (Wildman–Crippen LogP) is 2.22. The van der Waals surface area contributed by atoms with Crippen molar-refractivity contribution in [2.24, 2.45) is 0 Å². The first-order valence-corrected chi connectivity index (χ1v) is 7.59. The number of nitro groups is 1. The van der Waals surface area contributed by atoms with Gasteiger partial charge in [-0.3, -0.25) is 19.6 Å². The highest BCUT2D eigenvalue weighted by Crippen LogP contribution is 2.21. The molecule has 1 aromatic carbocycles. The van der Waals surface area contributed by atoms with Crippen molar-refractivity contribution in [1.82, 2.24) is 9.78 Å². The number of anilines is 1. The molecule has 0 aliphatic rings.